The summed E-state index contributed by atoms with van der Waals surface area (Å²) >= 11 is 0. The van der Waals surface area contributed by atoms with Crippen molar-refractivity contribution in [3.63, 3.8) is 0 Å². The predicted octanol–water partition coefficient (Wildman–Crippen LogP) is 4.38. The molecule has 0 unspecified atom stereocenters. The molecule has 0 aliphatic rings. The van der Waals surface area contributed by atoms with Crippen molar-refractivity contribution < 1.29 is 4.57 Å². The molecule has 1 heterocycles. The largest absolute Gasteiger partial charge is 0.512 e. The van der Waals surface area contributed by atoms with Crippen molar-refractivity contribution in [2.24, 2.45) is 0 Å². The van der Waals surface area contributed by atoms with Gasteiger partial charge in [-0.3, -0.25) is 0 Å². The molecule has 0 amide bonds. The summed E-state index contributed by atoms with van der Waals surface area (Å²) in [5.74, 6) is 0. The molecule has 0 bridgehead atoms. The van der Waals surface area contributed by atoms with E-state index in [2.05, 4.69) is 42.9 Å². The van der Waals surface area contributed by atoms with Gasteiger partial charge in [0, 0.05) is 18.1 Å². The maximum absolute atomic E-state index is 6.25. The van der Waals surface area contributed by atoms with Crippen molar-refractivity contribution in [2.75, 3.05) is 0 Å². The molecule has 0 saturated carbocycles. The molecule has 19 heavy (non-hydrogen) atoms. The fourth-order valence-electron chi connectivity index (χ4n) is 2.14. The number of nitrogens with zero attached hydrogens (tertiary/aromatic N) is 2. The normalized spacial score (nSPS) is 9.68. The molecular formula is C17H28N2. The molecular weight excluding hydrogens is 232 g/mol. The lowest BCUT2D eigenvalue weighted by molar-refractivity contribution is -0.697. The van der Waals surface area contributed by atoms with Crippen molar-refractivity contribution in [2.45, 2.75) is 71.8 Å². The van der Waals surface area contributed by atoms with Crippen molar-refractivity contribution in [3.05, 3.63) is 36.7 Å². The van der Waals surface area contributed by atoms with Gasteiger partial charge in [-0.25, -0.2) is 4.57 Å². The van der Waals surface area contributed by atoms with Crippen LogP contribution in [0, 0.1) is 11.8 Å². The molecule has 0 aliphatic heterocycles. The Bertz CT molecular complexity index is 331. The highest BCUT2D eigenvalue weighted by molar-refractivity contribution is 5.05. The van der Waals surface area contributed by atoms with Gasteiger partial charge in [-0.15, -0.1) is 0 Å². The summed E-state index contributed by atoms with van der Waals surface area (Å²) < 4.78 is 2.36. The molecule has 0 aliphatic carbocycles. The lowest BCUT2D eigenvalue weighted by Crippen LogP contribution is -2.33. The Morgan fingerprint density at radius 2 is 1.68 bits per heavy atom. The van der Waals surface area contributed by atoms with E-state index in [0.717, 1.165) is 0 Å². The van der Waals surface area contributed by atoms with E-state index in [4.69, 9.17) is 11.8 Å². The minimum atomic E-state index is 1.18. The van der Waals surface area contributed by atoms with Gasteiger partial charge in [0.05, 0.1) is 0 Å². The standard InChI is InChI=1S/C16H28N.CN/c1-3-5-7-8-9-13-17-14-10-12-16(15-17)11-6-4-2;1-2/h10,12,14-15H,3-9,11,13H2,1-2H3;/q+1;-1. The quantitative estimate of drug-likeness (QED) is 0.368. The second kappa shape index (κ2) is 13.1. The van der Waals surface area contributed by atoms with Gasteiger partial charge in [-0.1, -0.05) is 39.5 Å². The van der Waals surface area contributed by atoms with Crippen molar-refractivity contribution >= 4 is 0 Å². The molecule has 1 aromatic rings. The van der Waals surface area contributed by atoms with Crippen LogP contribution in [0.2, 0.25) is 0 Å². The van der Waals surface area contributed by atoms with Crippen LogP contribution < -0.4 is 4.57 Å². The minimum absolute atomic E-state index is 1.18. The molecule has 0 spiro atoms. The Morgan fingerprint density at radius 1 is 1.00 bits per heavy atom. The average Bonchev–Trinajstić information content (AvgIpc) is 2.47. The third-order valence-corrected chi connectivity index (χ3v) is 3.26. The Labute approximate surface area is 119 Å². The summed E-state index contributed by atoms with van der Waals surface area (Å²) in [6.07, 6.45) is 15.2. The Morgan fingerprint density at radius 3 is 2.37 bits per heavy atom. The number of pyridine rings is 1. The first-order chi connectivity index (χ1) is 9.36. The third kappa shape index (κ3) is 9.25. The summed E-state index contributed by atoms with van der Waals surface area (Å²) in [5, 5.41) is 6.25. The summed E-state index contributed by atoms with van der Waals surface area (Å²) in [6, 6.07) is 4.44. The van der Waals surface area contributed by atoms with E-state index >= 15 is 0 Å². The molecule has 0 atom stereocenters. The van der Waals surface area contributed by atoms with Gasteiger partial charge in [0.1, 0.15) is 6.54 Å². The van der Waals surface area contributed by atoms with Crippen LogP contribution in [0.1, 0.15) is 64.4 Å². The Kier molecular flexibility index (Phi) is 12.1. The second-order valence-electron chi connectivity index (χ2n) is 4.97. The van der Waals surface area contributed by atoms with Crippen LogP contribution >= 0.6 is 0 Å². The molecule has 2 nitrogen and oxygen atoms in total. The second-order valence-corrected chi connectivity index (χ2v) is 4.97. The number of hydrogen-bond acceptors (Lipinski definition) is 1. The number of hydrogen-bond donors (Lipinski definition) is 0. The topological polar surface area (TPSA) is 27.7 Å². The van der Waals surface area contributed by atoms with Crippen molar-refractivity contribution in [1.29, 1.82) is 5.26 Å². The Balaban J connectivity index is 0.00000154. The molecule has 2 heteroatoms. The van der Waals surface area contributed by atoms with Crippen molar-refractivity contribution in [1.82, 2.24) is 0 Å². The van der Waals surface area contributed by atoms with E-state index in [1.54, 1.807) is 0 Å². The number of unbranched alkanes of at least 4 members (excludes halogenated alkanes) is 5. The van der Waals surface area contributed by atoms with Gasteiger partial charge in [0.25, 0.3) is 0 Å². The lowest BCUT2D eigenvalue weighted by atomic mass is 10.1. The summed E-state index contributed by atoms with van der Waals surface area (Å²) in [4.78, 5) is 0. The molecule has 0 fully saturated rings. The highest BCUT2D eigenvalue weighted by Gasteiger charge is 2.02. The Hall–Kier alpha value is -1.36. The number of aryl methyl sites for hydroxylation is 2. The lowest BCUT2D eigenvalue weighted by Gasteiger charge is -2.01. The van der Waals surface area contributed by atoms with Crippen LogP contribution in [0.5, 0.6) is 0 Å². The fourth-order valence-corrected chi connectivity index (χ4v) is 2.14. The fraction of sp³-hybridized carbons (Fsp3) is 0.647. The van der Waals surface area contributed by atoms with Gasteiger partial charge < -0.3 is 11.8 Å². The molecule has 0 N–H and O–H groups in total. The smallest absolute Gasteiger partial charge is 0.171 e. The van der Waals surface area contributed by atoms with E-state index in [1.807, 2.05) is 0 Å². The first kappa shape index (κ1) is 17.6. The average molecular weight is 260 g/mol. The van der Waals surface area contributed by atoms with Crippen LogP contribution in [-0.2, 0) is 13.0 Å². The van der Waals surface area contributed by atoms with Crippen LogP contribution in [0.3, 0.4) is 0 Å². The first-order valence-electron chi connectivity index (χ1n) is 7.57. The van der Waals surface area contributed by atoms with E-state index in [-0.39, 0.29) is 0 Å². The van der Waals surface area contributed by atoms with Gasteiger partial charge in [0.2, 0.25) is 0 Å². The van der Waals surface area contributed by atoms with Crippen molar-refractivity contribution in [3.8, 4) is 0 Å². The highest BCUT2D eigenvalue weighted by atomic mass is 14.9. The minimum Gasteiger partial charge on any atom is -0.512 e. The maximum atomic E-state index is 6.25. The molecule has 1 aromatic heterocycles. The summed E-state index contributed by atoms with van der Waals surface area (Å²) in [7, 11) is 0. The zero-order chi connectivity index (χ0) is 14.3. The number of rotatable bonds is 9. The molecule has 0 aromatic carbocycles. The SMILES string of the molecule is CCCCCCC[n+]1cccc(CCCC)c1.[C-]#N. The van der Waals surface area contributed by atoms with Gasteiger partial charge in [-0.05, 0) is 25.3 Å². The molecule has 106 valence electrons. The van der Waals surface area contributed by atoms with Crippen LogP contribution in [0.25, 0.3) is 0 Å². The third-order valence-electron chi connectivity index (χ3n) is 3.26. The highest BCUT2D eigenvalue weighted by Crippen LogP contribution is 2.04. The first-order valence-corrected chi connectivity index (χ1v) is 7.57. The van der Waals surface area contributed by atoms with Crippen LogP contribution in [-0.4, -0.2) is 0 Å². The molecule has 0 saturated heterocycles. The predicted molar refractivity (Wildman–Crippen MR) is 79.0 cm³/mol. The van der Waals surface area contributed by atoms with Gasteiger partial charge in [-0.2, -0.15) is 0 Å². The van der Waals surface area contributed by atoms with E-state index in [9.17, 15) is 0 Å². The maximum Gasteiger partial charge on any atom is 0.171 e. The summed E-state index contributed by atoms with van der Waals surface area (Å²) in [6.45, 7) is 10.5. The van der Waals surface area contributed by atoms with E-state index in [1.165, 1.54) is 63.5 Å². The molecule has 1 rings (SSSR count). The number of aromatic nitrogens is 1. The van der Waals surface area contributed by atoms with Crippen LogP contribution in [0.4, 0.5) is 0 Å². The van der Waals surface area contributed by atoms with E-state index < -0.39 is 0 Å². The molecule has 0 radical (unpaired) electrons. The van der Waals surface area contributed by atoms with Crippen LogP contribution in [0.15, 0.2) is 24.5 Å². The zero-order valence-electron chi connectivity index (χ0n) is 12.6. The van der Waals surface area contributed by atoms with E-state index in [0.29, 0.717) is 0 Å². The summed E-state index contributed by atoms with van der Waals surface area (Å²) in [5.41, 5.74) is 1.49. The van der Waals surface area contributed by atoms with Gasteiger partial charge in [0.15, 0.2) is 12.4 Å². The zero-order valence-corrected chi connectivity index (χ0v) is 12.6. The monoisotopic (exact) mass is 260 g/mol. The van der Waals surface area contributed by atoms with Gasteiger partial charge >= 0.3 is 0 Å².